The van der Waals surface area contributed by atoms with Gasteiger partial charge in [-0.1, -0.05) is 18.2 Å². The zero-order valence-corrected chi connectivity index (χ0v) is 13.7. The molecule has 0 radical (unpaired) electrons. The van der Waals surface area contributed by atoms with Crippen LogP contribution in [0.15, 0.2) is 39.9 Å². The zero-order chi connectivity index (χ0) is 18.2. The molecule has 1 aromatic carbocycles. The monoisotopic (exact) mass is 347 g/mol. The van der Waals surface area contributed by atoms with Crippen molar-refractivity contribution >= 4 is 11.9 Å². The summed E-state index contributed by atoms with van der Waals surface area (Å²) in [5.74, 6) is -1.87. The summed E-state index contributed by atoms with van der Waals surface area (Å²) in [4.78, 5) is 50.1. The lowest BCUT2D eigenvalue weighted by Gasteiger charge is -2.22. The Balaban J connectivity index is 2.23. The molecule has 2 atom stereocenters. The Kier molecular flexibility index (Phi) is 4.07. The Morgan fingerprint density at radius 2 is 2.00 bits per heavy atom. The number of hydrogen-bond acceptors (Lipinski definition) is 6. The maximum atomic E-state index is 12.8. The molecule has 0 bridgehead atoms. The number of cyclic esters (lactones) is 1. The van der Waals surface area contributed by atoms with E-state index in [1.54, 1.807) is 44.2 Å². The van der Waals surface area contributed by atoms with Gasteiger partial charge in [-0.15, -0.1) is 0 Å². The van der Waals surface area contributed by atoms with Gasteiger partial charge in [-0.25, -0.2) is 33.5 Å². The van der Waals surface area contributed by atoms with Gasteiger partial charge in [0.15, 0.2) is 0 Å². The molecule has 1 aliphatic heterocycles. The molecule has 1 N–H and O–H groups in total. The highest BCUT2D eigenvalue weighted by Crippen LogP contribution is 2.32. The number of esters is 2. The third-order valence-corrected chi connectivity index (χ3v) is 4.03. The van der Waals surface area contributed by atoms with Crippen LogP contribution in [0.3, 0.4) is 0 Å². The average Bonchev–Trinajstić information content (AvgIpc) is 3.04. The molecule has 9 heteroatoms. The SMILES string of the molecule is CCOC(=O)C1(n2[nH]c(=O)n(-c3ccccc3)c2=O)CC(C)OC1=O. The summed E-state index contributed by atoms with van der Waals surface area (Å²) in [5.41, 5.74) is -3.35. The summed E-state index contributed by atoms with van der Waals surface area (Å²) in [6, 6.07) is 8.17. The predicted octanol–water partition coefficient (Wildman–Crippen LogP) is -0.0789. The lowest BCUT2D eigenvalue weighted by atomic mass is 9.96. The van der Waals surface area contributed by atoms with Gasteiger partial charge in [-0.05, 0) is 26.0 Å². The number of carbonyl (C=O) groups excluding carboxylic acids is 2. The van der Waals surface area contributed by atoms with Crippen molar-refractivity contribution in [3.8, 4) is 5.69 Å². The minimum atomic E-state index is -2.04. The van der Waals surface area contributed by atoms with Crippen molar-refractivity contribution in [1.82, 2.24) is 14.3 Å². The lowest BCUT2D eigenvalue weighted by Crippen LogP contribution is -2.52. The molecule has 1 fully saturated rings. The van der Waals surface area contributed by atoms with Crippen LogP contribution in [-0.4, -0.2) is 39.0 Å². The van der Waals surface area contributed by atoms with Gasteiger partial charge in [-0.3, -0.25) is 0 Å². The van der Waals surface area contributed by atoms with E-state index < -0.39 is 35.0 Å². The highest BCUT2D eigenvalue weighted by atomic mass is 16.6. The van der Waals surface area contributed by atoms with Gasteiger partial charge in [0.1, 0.15) is 6.10 Å². The number of para-hydroxylation sites is 1. The molecule has 1 aliphatic rings. The second-order valence-electron chi connectivity index (χ2n) is 5.71. The number of benzene rings is 1. The summed E-state index contributed by atoms with van der Waals surface area (Å²) < 4.78 is 11.6. The van der Waals surface area contributed by atoms with E-state index in [0.29, 0.717) is 10.4 Å². The minimum Gasteiger partial charge on any atom is -0.464 e. The normalized spacial score (nSPS) is 22.6. The maximum absolute atomic E-state index is 12.8. The standard InChI is InChI=1S/C16H17N3O6/c1-3-24-12(20)16(9-10(2)25-13(16)21)19-15(23)18(14(22)17-19)11-7-5-4-6-8-11/h4-8,10H,3,9H2,1-2H3,(H,17,22). The molecule has 25 heavy (non-hydrogen) atoms. The summed E-state index contributed by atoms with van der Waals surface area (Å²) >= 11 is 0. The van der Waals surface area contributed by atoms with Crippen molar-refractivity contribution in [2.75, 3.05) is 6.61 Å². The molecule has 3 rings (SSSR count). The average molecular weight is 347 g/mol. The van der Waals surface area contributed by atoms with E-state index in [1.807, 2.05) is 0 Å². The third kappa shape index (κ3) is 2.48. The van der Waals surface area contributed by atoms with Crippen LogP contribution < -0.4 is 11.4 Å². The minimum absolute atomic E-state index is 0.0145. The maximum Gasteiger partial charge on any atom is 0.353 e. The number of H-pyrrole nitrogens is 1. The molecule has 0 amide bonds. The van der Waals surface area contributed by atoms with Crippen molar-refractivity contribution < 1.29 is 19.1 Å². The Morgan fingerprint density at radius 1 is 1.32 bits per heavy atom. The topological polar surface area (TPSA) is 112 Å². The molecule has 9 nitrogen and oxygen atoms in total. The molecular formula is C16H17N3O6. The fourth-order valence-corrected chi connectivity index (χ4v) is 2.96. The summed E-state index contributed by atoms with van der Waals surface area (Å²) in [6.45, 7) is 3.19. The molecular weight excluding hydrogens is 330 g/mol. The fourth-order valence-electron chi connectivity index (χ4n) is 2.96. The first-order valence-electron chi connectivity index (χ1n) is 7.80. The van der Waals surface area contributed by atoms with E-state index in [9.17, 15) is 19.2 Å². The van der Waals surface area contributed by atoms with Gasteiger partial charge < -0.3 is 9.47 Å². The summed E-state index contributed by atoms with van der Waals surface area (Å²) in [5, 5.41) is 2.29. The van der Waals surface area contributed by atoms with Crippen LogP contribution >= 0.6 is 0 Å². The second-order valence-corrected chi connectivity index (χ2v) is 5.71. The number of ether oxygens (including phenoxy) is 2. The summed E-state index contributed by atoms with van der Waals surface area (Å²) in [6.07, 6.45) is -0.716. The molecule has 1 aromatic heterocycles. The highest BCUT2D eigenvalue weighted by molar-refractivity contribution is 6.03. The van der Waals surface area contributed by atoms with Crippen LogP contribution in [0.4, 0.5) is 0 Å². The molecule has 1 saturated heterocycles. The van der Waals surface area contributed by atoms with E-state index in [2.05, 4.69) is 5.10 Å². The summed E-state index contributed by atoms with van der Waals surface area (Å²) in [7, 11) is 0. The Bertz CT molecular complexity index is 925. The molecule has 132 valence electrons. The smallest absolute Gasteiger partial charge is 0.353 e. The number of aromatic nitrogens is 3. The van der Waals surface area contributed by atoms with E-state index >= 15 is 0 Å². The largest absolute Gasteiger partial charge is 0.464 e. The van der Waals surface area contributed by atoms with Crippen molar-refractivity contribution in [2.45, 2.75) is 31.9 Å². The van der Waals surface area contributed by atoms with Crippen LogP contribution in [0.1, 0.15) is 20.3 Å². The highest BCUT2D eigenvalue weighted by Gasteiger charge is 2.59. The first-order valence-corrected chi connectivity index (χ1v) is 7.80. The van der Waals surface area contributed by atoms with Gasteiger partial charge in [0, 0.05) is 6.42 Å². The van der Waals surface area contributed by atoms with Crippen LogP contribution in [0, 0.1) is 0 Å². The third-order valence-electron chi connectivity index (χ3n) is 4.03. The van der Waals surface area contributed by atoms with Gasteiger partial charge in [0.2, 0.25) is 0 Å². The van der Waals surface area contributed by atoms with Gasteiger partial charge in [0.25, 0.3) is 5.54 Å². The number of nitrogens with one attached hydrogen (secondary N) is 1. The first-order chi connectivity index (χ1) is 11.9. The van der Waals surface area contributed by atoms with E-state index in [-0.39, 0.29) is 13.0 Å². The van der Waals surface area contributed by atoms with E-state index in [4.69, 9.17) is 9.47 Å². The van der Waals surface area contributed by atoms with E-state index in [0.717, 1.165) is 4.57 Å². The van der Waals surface area contributed by atoms with Crippen molar-refractivity contribution in [1.29, 1.82) is 0 Å². The quantitative estimate of drug-likeness (QED) is 0.611. The zero-order valence-electron chi connectivity index (χ0n) is 13.7. The molecule has 0 spiro atoms. The van der Waals surface area contributed by atoms with Crippen LogP contribution in [0.25, 0.3) is 5.69 Å². The Labute approximate surface area is 141 Å². The number of hydrogen-bond donors (Lipinski definition) is 1. The fraction of sp³-hybridized carbons (Fsp3) is 0.375. The molecule has 0 saturated carbocycles. The van der Waals surface area contributed by atoms with Gasteiger partial charge in [-0.2, -0.15) is 0 Å². The number of rotatable bonds is 4. The Morgan fingerprint density at radius 3 is 2.56 bits per heavy atom. The number of aromatic amines is 1. The van der Waals surface area contributed by atoms with Gasteiger partial charge >= 0.3 is 23.3 Å². The molecule has 2 unspecified atom stereocenters. The molecule has 2 heterocycles. The predicted molar refractivity (Wildman–Crippen MR) is 85.4 cm³/mol. The number of carbonyl (C=O) groups is 2. The molecule has 2 aromatic rings. The van der Waals surface area contributed by atoms with E-state index in [1.165, 1.54) is 0 Å². The van der Waals surface area contributed by atoms with Crippen LogP contribution in [0.2, 0.25) is 0 Å². The van der Waals surface area contributed by atoms with Crippen LogP contribution in [-0.2, 0) is 24.6 Å². The van der Waals surface area contributed by atoms with Crippen LogP contribution in [0.5, 0.6) is 0 Å². The van der Waals surface area contributed by atoms with Crippen molar-refractivity contribution in [3.05, 3.63) is 51.3 Å². The number of nitrogens with zero attached hydrogens (tertiary/aromatic N) is 2. The van der Waals surface area contributed by atoms with Crippen molar-refractivity contribution in [3.63, 3.8) is 0 Å². The lowest BCUT2D eigenvalue weighted by molar-refractivity contribution is -0.164. The van der Waals surface area contributed by atoms with Crippen molar-refractivity contribution in [2.24, 2.45) is 0 Å². The first kappa shape index (κ1) is 16.7. The molecule has 0 aliphatic carbocycles. The van der Waals surface area contributed by atoms with Gasteiger partial charge in [0.05, 0.1) is 12.3 Å². The second kappa shape index (κ2) is 6.08. The Hall–Kier alpha value is -3.10.